The lowest BCUT2D eigenvalue weighted by Crippen LogP contribution is -2.08. The molecule has 0 fully saturated rings. The van der Waals surface area contributed by atoms with Gasteiger partial charge in [0, 0.05) is 11.3 Å². The molecule has 1 N–H and O–H groups in total. The number of hydrogen-bond acceptors (Lipinski definition) is 3. The lowest BCUT2D eigenvalue weighted by molar-refractivity contribution is 0.600. The van der Waals surface area contributed by atoms with E-state index in [-0.39, 0.29) is 11.9 Å². The summed E-state index contributed by atoms with van der Waals surface area (Å²) >= 11 is 0. The van der Waals surface area contributed by atoms with E-state index in [1.54, 1.807) is 23.1 Å². The van der Waals surface area contributed by atoms with Crippen LogP contribution in [-0.4, -0.2) is 14.8 Å². The van der Waals surface area contributed by atoms with Gasteiger partial charge in [0.05, 0.1) is 11.7 Å². The molecule has 5 heteroatoms. The summed E-state index contributed by atoms with van der Waals surface area (Å²) in [4.78, 5) is 3.91. The van der Waals surface area contributed by atoms with Crippen LogP contribution in [0.15, 0.2) is 61.2 Å². The van der Waals surface area contributed by atoms with Crippen LogP contribution in [0.2, 0.25) is 0 Å². The summed E-state index contributed by atoms with van der Waals surface area (Å²) in [5.74, 6) is -0.197. The highest BCUT2D eigenvalue weighted by Gasteiger charge is 2.09. The summed E-state index contributed by atoms with van der Waals surface area (Å²) in [6, 6.07) is 14.4. The van der Waals surface area contributed by atoms with Crippen molar-refractivity contribution in [2.24, 2.45) is 0 Å². The minimum Gasteiger partial charge on any atom is -0.378 e. The Bertz CT molecular complexity index is 707. The van der Waals surface area contributed by atoms with E-state index >= 15 is 0 Å². The maximum atomic E-state index is 13.7. The molecule has 1 heterocycles. The highest BCUT2D eigenvalue weighted by Crippen LogP contribution is 2.22. The molecule has 4 nitrogen and oxygen atoms in total. The van der Waals surface area contributed by atoms with Crippen molar-refractivity contribution >= 4 is 5.69 Å². The topological polar surface area (TPSA) is 42.7 Å². The standard InChI is InChI=1S/C16H15FN4/c1-12(15-4-2-3-5-16(15)17)20-13-6-8-14(9-7-13)21-11-18-10-19-21/h2-12,20H,1H3. The van der Waals surface area contributed by atoms with Gasteiger partial charge in [0.15, 0.2) is 0 Å². The smallest absolute Gasteiger partial charge is 0.138 e. The van der Waals surface area contributed by atoms with Crippen molar-refractivity contribution in [2.75, 3.05) is 5.32 Å². The largest absolute Gasteiger partial charge is 0.378 e. The summed E-state index contributed by atoms with van der Waals surface area (Å²) < 4.78 is 15.4. The van der Waals surface area contributed by atoms with Gasteiger partial charge in [-0.05, 0) is 37.3 Å². The van der Waals surface area contributed by atoms with Crippen LogP contribution < -0.4 is 5.32 Å². The van der Waals surface area contributed by atoms with E-state index in [2.05, 4.69) is 15.4 Å². The monoisotopic (exact) mass is 282 g/mol. The molecule has 0 amide bonds. The van der Waals surface area contributed by atoms with Gasteiger partial charge in [0.1, 0.15) is 18.5 Å². The third kappa shape index (κ3) is 2.91. The van der Waals surface area contributed by atoms with Crippen LogP contribution in [0.1, 0.15) is 18.5 Å². The van der Waals surface area contributed by atoms with Crippen LogP contribution in [0.3, 0.4) is 0 Å². The first-order chi connectivity index (χ1) is 10.2. The second kappa shape index (κ2) is 5.75. The first-order valence-corrected chi connectivity index (χ1v) is 6.70. The zero-order valence-electron chi connectivity index (χ0n) is 11.6. The molecule has 1 unspecified atom stereocenters. The molecule has 106 valence electrons. The zero-order valence-corrected chi connectivity index (χ0v) is 11.6. The molecule has 0 saturated heterocycles. The highest BCUT2D eigenvalue weighted by atomic mass is 19.1. The average molecular weight is 282 g/mol. The van der Waals surface area contributed by atoms with Crippen LogP contribution in [-0.2, 0) is 0 Å². The average Bonchev–Trinajstić information content (AvgIpc) is 3.02. The van der Waals surface area contributed by atoms with Gasteiger partial charge in [-0.15, -0.1) is 0 Å². The van der Waals surface area contributed by atoms with Crippen molar-refractivity contribution in [3.8, 4) is 5.69 Å². The first kappa shape index (κ1) is 13.3. The fourth-order valence-corrected chi connectivity index (χ4v) is 2.21. The quantitative estimate of drug-likeness (QED) is 0.795. The lowest BCUT2D eigenvalue weighted by Gasteiger charge is -2.16. The maximum Gasteiger partial charge on any atom is 0.138 e. The third-order valence-electron chi connectivity index (χ3n) is 3.31. The fourth-order valence-electron chi connectivity index (χ4n) is 2.21. The van der Waals surface area contributed by atoms with Crippen LogP contribution in [0.25, 0.3) is 5.69 Å². The predicted octanol–water partition coefficient (Wildman–Crippen LogP) is 3.58. The number of nitrogens with one attached hydrogen (secondary N) is 1. The zero-order chi connectivity index (χ0) is 14.7. The van der Waals surface area contributed by atoms with E-state index in [0.29, 0.717) is 5.56 Å². The van der Waals surface area contributed by atoms with E-state index < -0.39 is 0 Å². The molecular weight excluding hydrogens is 267 g/mol. The van der Waals surface area contributed by atoms with Gasteiger partial charge in [0.25, 0.3) is 0 Å². The van der Waals surface area contributed by atoms with E-state index in [9.17, 15) is 4.39 Å². The van der Waals surface area contributed by atoms with E-state index in [1.165, 1.54) is 12.4 Å². The number of aromatic nitrogens is 3. The van der Waals surface area contributed by atoms with Gasteiger partial charge < -0.3 is 5.32 Å². The molecular formula is C16H15FN4. The van der Waals surface area contributed by atoms with Crippen molar-refractivity contribution in [1.82, 2.24) is 14.8 Å². The van der Waals surface area contributed by atoms with Crippen molar-refractivity contribution in [3.63, 3.8) is 0 Å². The Labute approximate surface area is 122 Å². The first-order valence-electron chi connectivity index (χ1n) is 6.70. The Morgan fingerprint density at radius 1 is 1.10 bits per heavy atom. The van der Waals surface area contributed by atoms with Gasteiger partial charge >= 0.3 is 0 Å². The summed E-state index contributed by atoms with van der Waals surface area (Å²) in [6.45, 7) is 1.93. The van der Waals surface area contributed by atoms with E-state index in [4.69, 9.17) is 0 Å². The minimum absolute atomic E-state index is 0.108. The number of rotatable bonds is 4. The van der Waals surface area contributed by atoms with E-state index in [1.807, 2.05) is 37.3 Å². The number of hydrogen-bond donors (Lipinski definition) is 1. The Morgan fingerprint density at radius 2 is 1.86 bits per heavy atom. The molecule has 21 heavy (non-hydrogen) atoms. The molecule has 2 aromatic carbocycles. The fraction of sp³-hybridized carbons (Fsp3) is 0.125. The Hall–Kier alpha value is -2.69. The number of anilines is 1. The normalized spacial score (nSPS) is 12.1. The molecule has 0 aliphatic rings. The molecule has 0 saturated carbocycles. The minimum atomic E-state index is -0.197. The summed E-state index contributed by atoms with van der Waals surface area (Å²) in [5, 5.41) is 7.36. The predicted molar refractivity (Wildman–Crippen MR) is 79.8 cm³/mol. The molecule has 1 atom stereocenters. The second-order valence-electron chi connectivity index (χ2n) is 4.77. The van der Waals surface area contributed by atoms with Crippen molar-refractivity contribution in [1.29, 1.82) is 0 Å². The molecule has 1 aromatic heterocycles. The maximum absolute atomic E-state index is 13.7. The van der Waals surface area contributed by atoms with Gasteiger partial charge in [0.2, 0.25) is 0 Å². The van der Waals surface area contributed by atoms with Crippen LogP contribution in [0, 0.1) is 5.82 Å². The van der Waals surface area contributed by atoms with Crippen molar-refractivity contribution < 1.29 is 4.39 Å². The van der Waals surface area contributed by atoms with Gasteiger partial charge in [-0.2, -0.15) is 5.10 Å². The third-order valence-corrected chi connectivity index (χ3v) is 3.31. The van der Waals surface area contributed by atoms with Crippen LogP contribution >= 0.6 is 0 Å². The molecule has 0 aliphatic heterocycles. The Kier molecular flexibility index (Phi) is 3.64. The van der Waals surface area contributed by atoms with Crippen LogP contribution in [0.4, 0.5) is 10.1 Å². The second-order valence-corrected chi connectivity index (χ2v) is 4.77. The molecule has 0 aliphatic carbocycles. The SMILES string of the molecule is CC(Nc1ccc(-n2cncn2)cc1)c1ccccc1F. The summed E-state index contributed by atoms with van der Waals surface area (Å²) in [5.41, 5.74) is 2.50. The van der Waals surface area contributed by atoms with Gasteiger partial charge in [-0.3, -0.25) is 0 Å². The summed E-state index contributed by atoms with van der Waals surface area (Å²) in [6.07, 6.45) is 3.14. The molecule has 0 spiro atoms. The Balaban J connectivity index is 1.75. The van der Waals surface area contributed by atoms with Gasteiger partial charge in [-0.25, -0.2) is 14.1 Å². The number of nitrogens with zero attached hydrogens (tertiary/aromatic N) is 3. The van der Waals surface area contributed by atoms with Gasteiger partial charge in [-0.1, -0.05) is 18.2 Å². The van der Waals surface area contributed by atoms with Crippen molar-refractivity contribution in [2.45, 2.75) is 13.0 Å². The molecule has 3 aromatic rings. The molecule has 0 radical (unpaired) electrons. The molecule has 0 bridgehead atoms. The lowest BCUT2D eigenvalue weighted by atomic mass is 10.1. The van der Waals surface area contributed by atoms with Crippen LogP contribution in [0.5, 0.6) is 0 Å². The summed E-state index contributed by atoms with van der Waals surface area (Å²) in [7, 11) is 0. The Morgan fingerprint density at radius 3 is 2.52 bits per heavy atom. The highest BCUT2D eigenvalue weighted by molar-refractivity contribution is 5.49. The number of halogens is 1. The molecule has 3 rings (SSSR count). The van der Waals surface area contributed by atoms with Crippen molar-refractivity contribution in [3.05, 3.63) is 72.6 Å². The van der Waals surface area contributed by atoms with E-state index in [0.717, 1.165) is 11.4 Å². The number of benzene rings is 2.